The van der Waals surface area contributed by atoms with Gasteiger partial charge in [0, 0.05) is 0 Å². The molecule has 4 heteroatoms. The number of ether oxygens (including phenoxy) is 3. The van der Waals surface area contributed by atoms with Crippen molar-refractivity contribution in [3.8, 4) is 11.5 Å². The van der Waals surface area contributed by atoms with Crippen LogP contribution in [0.25, 0.3) is 0 Å². The number of rotatable bonds is 5. The van der Waals surface area contributed by atoms with Crippen LogP contribution in [0.2, 0.25) is 0 Å². The highest BCUT2D eigenvalue weighted by molar-refractivity contribution is 6.02. The molecule has 22 heavy (non-hydrogen) atoms. The maximum Gasteiger partial charge on any atom is 0.133 e. The molecule has 0 spiro atoms. The van der Waals surface area contributed by atoms with E-state index in [0.29, 0.717) is 13.2 Å². The maximum absolute atomic E-state index is 5.69. The minimum absolute atomic E-state index is 0.379. The first-order valence-corrected chi connectivity index (χ1v) is 7.05. The lowest BCUT2D eigenvalue weighted by atomic mass is 10.1. The highest BCUT2D eigenvalue weighted by Crippen LogP contribution is 2.17. The predicted octanol–water partition coefficient (Wildman–Crippen LogP) is 3.43. The van der Waals surface area contributed by atoms with E-state index in [1.165, 1.54) is 0 Å². The molecule has 0 atom stereocenters. The molecule has 0 saturated carbocycles. The van der Waals surface area contributed by atoms with E-state index < -0.39 is 0 Å². The van der Waals surface area contributed by atoms with E-state index in [2.05, 4.69) is 4.99 Å². The van der Waals surface area contributed by atoms with Gasteiger partial charge in [-0.25, -0.2) is 4.99 Å². The molecule has 0 amide bonds. The van der Waals surface area contributed by atoms with Crippen molar-refractivity contribution in [3.63, 3.8) is 0 Å². The summed E-state index contributed by atoms with van der Waals surface area (Å²) in [7, 11) is 1.65. The Hall–Kier alpha value is -2.75. The molecular weight excluding hydrogens is 278 g/mol. The summed E-state index contributed by atoms with van der Waals surface area (Å²) >= 11 is 0. The zero-order valence-electron chi connectivity index (χ0n) is 12.4. The fourth-order valence-corrected chi connectivity index (χ4v) is 2.12. The highest BCUT2D eigenvalue weighted by atomic mass is 16.5. The summed E-state index contributed by atoms with van der Waals surface area (Å²) in [6.45, 7) is 0.838. The van der Waals surface area contributed by atoms with Crippen LogP contribution in [-0.2, 0) is 4.74 Å². The number of nitrogens with zero attached hydrogens (tertiary/aromatic N) is 1. The van der Waals surface area contributed by atoms with Crippen molar-refractivity contribution in [3.05, 3.63) is 72.1 Å². The Bertz CT molecular complexity index is 675. The Balaban J connectivity index is 1.68. The Kier molecular flexibility index (Phi) is 4.39. The molecule has 0 aromatic heterocycles. The minimum atomic E-state index is 0.379. The molecule has 1 heterocycles. The molecule has 1 aliphatic rings. The summed E-state index contributed by atoms with van der Waals surface area (Å²) in [5, 5.41) is 0. The molecular formula is C18H17NO3. The molecule has 0 saturated heterocycles. The number of para-hydroxylation sites is 1. The van der Waals surface area contributed by atoms with Gasteiger partial charge in [0.05, 0.1) is 12.8 Å². The van der Waals surface area contributed by atoms with E-state index in [4.69, 9.17) is 14.2 Å². The minimum Gasteiger partial charge on any atom is -0.497 e. The van der Waals surface area contributed by atoms with Crippen LogP contribution < -0.4 is 9.47 Å². The van der Waals surface area contributed by atoms with Gasteiger partial charge in [-0.05, 0) is 42.0 Å². The van der Waals surface area contributed by atoms with Gasteiger partial charge in [-0.3, -0.25) is 0 Å². The predicted molar refractivity (Wildman–Crippen MR) is 85.5 cm³/mol. The van der Waals surface area contributed by atoms with Crippen molar-refractivity contribution in [2.75, 3.05) is 20.3 Å². The monoisotopic (exact) mass is 295 g/mol. The SMILES string of the molecule is COc1ccc(C2=NC(COc3ccccc3)=COC2)cc1. The smallest absolute Gasteiger partial charge is 0.133 e. The summed E-state index contributed by atoms with van der Waals surface area (Å²) in [5.41, 5.74) is 2.67. The third-order valence-corrected chi connectivity index (χ3v) is 3.27. The fraction of sp³-hybridized carbons (Fsp3) is 0.167. The van der Waals surface area contributed by atoms with E-state index >= 15 is 0 Å². The Morgan fingerprint density at radius 2 is 1.77 bits per heavy atom. The summed E-state index contributed by atoms with van der Waals surface area (Å²) in [6.07, 6.45) is 1.65. The van der Waals surface area contributed by atoms with Crippen LogP contribution in [0, 0.1) is 0 Å². The van der Waals surface area contributed by atoms with E-state index in [0.717, 1.165) is 28.5 Å². The lowest BCUT2D eigenvalue weighted by molar-refractivity contribution is 0.278. The average Bonchev–Trinajstić information content (AvgIpc) is 2.61. The van der Waals surface area contributed by atoms with Crippen LogP contribution >= 0.6 is 0 Å². The lowest BCUT2D eigenvalue weighted by Crippen LogP contribution is -2.15. The van der Waals surface area contributed by atoms with Crippen LogP contribution in [0.4, 0.5) is 0 Å². The number of hydrogen-bond donors (Lipinski definition) is 0. The van der Waals surface area contributed by atoms with Crippen molar-refractivity contribution in [2.45, 2.75) is 0 Å². The Morgan fingerprint density at radius 1 is 1.00 bits per heavy atom. The van der Waals surface area contributed by atoms with E-state index in [-0.39, 0.29) is 0 Å². The van der Waals surface area contributed by atoms with Crippen LogP contribution in [0.1, 0.15) is 5.56 Å². The normalized spacial score (nSPS) is 13.7. The Morgan fingerprint density at radius 3 is 2.50 bits per heavy atom. The van der Waals surface area contributed by atoms with Gasteiger partial charge in [-0.15, -0.1) is 0 Å². The first kappa shape index (κ1) is 14.2. The summed E-state index contributed by atoms with van der Waals surface area (Å²) in [6, 6.07) is 17.4. The molecule has 0 aliphatic carbocycles. The first-order valence-electron chi connectivity index (χ1n) is 7.05. The van der Waals surface area contributed by atoms with Gasteiger partial charge in [0.1, 0.15) is 36.7 Å². The van der Waals surface area contributed by atoms with Gasteiger partial charge in [-0.2, -0.15) is 0 Å². The first-order chi connectivity index (χ1) is 10.8. The standard InChI is InChI=1S/C18H17NO3/c1-20-16-9-7-14(8-10-16)18-13-21-11-15(19-18)12-22-17-5-3-2-4-6-17/h2-11H,12-13H2,1H3. The molecule has 112 valence electrons. The summed E-state index contributed by atoms with van der Waals surface area (Å²) in [5.74, 6) is 1.64. The molecule has 3 rings (SSSR count). The zero-order chi connectivity index (χ0) is 15.2. The molecule has 0 radical (unpaired) electrons. The number of benzene rings is 2. The molecule has 1 aliphatic heterocycles. The Labute approximate surface area is 129 Å². The van der Waals surface area contributed by atoms with Crippen LogP contribution in [0.3, 0.4) is 0 Å². The van der Waals surface area contributed by atoms with E-state index in [1.54, 1.807) is 13.4 Å². The molecule has 4 nitrogen and oxygen atoms in total. The van der Waals surface area contributed by atoms with Crippen LogP contribution in [0.5, 0.6) is 11.5 Å². The molecule has 0 bridgehead atoms. The quantitative estimate of drug-likeness (QED) is 0.848. The van der Waals surface area contributed by atoms with Gasteiger partial charge in [0.2, 0.25) is 0 Å². The van der Waals surface area contributed by atoms with Crippen LogP contribution in [0.15, 0.2) is 71.5 Å². The third kappa shape index (κ3) is 3.47. The topological polar surface area (TPSA) is 40.0 Å². The second kappa shape index (κ2) is 6.80. The number of aliphatic imine (C=N–C) groups is 1. The highest BCUT2D eigenvalue weighted by Gasteiger charge is 2.11. The molecule has 2 aromatic carbocycles. The zero-order valence-corrected chi connectivity index (χ0v) is 12.4. The van der Waals surface area contributed by atoms with Gasteiger partial charge in [0.15, 0.2) is 0 Å². The number of hydrogen-bond acceptors (Lipinski definition) is 4. The van der Waals surface area contributed by atoms with Crippen molar-refractivity contribution < 1.29 is 14.2 Å². The average molecular weight is 295 g/mol. The molecule has 0 unspecified atom stereocenters. The molecule has 2 aromatic rings. The van der Waals surface area contributed by atoms with Gasteiger partial charge >= 0.3 is 0 Å². The van der Waals surface area contributed by atoms with Crippen molar-refractivity contribution >= 4 is 5.71 Å². The van der Waals surface area contributed by atoms with Crippen molar-refractivity contribution in [1.82, 2.24) is 0 Å². The summed E-state index contributed by atoms with van der Waals surface area (Å²) in [4.78, 5) is 4.61. The summed E-state index contributed by atoms with van der Waals surface area (Å²) < 4.78 is 16.3. The van der Waals surface area contributed by atoms with Gasteiger partial charge in [-0.1, -0.05) is 18.2 Å². The van der Waals surface area contributed by atoms with Gasteiger partial charge < -0.3 is 14.2 Å². The lowest BCUT2D eigenvalue weighted by Gasteiger charge is -2.15. The van der Waals surface area contributed by atoms with Gasteiger partial charge in [0.25, 0.3) is 0 Å². The van der Waals surface area contributed by atoms with Crippen molar-refractivity contribution in [2.24, 2.45) is 4.99 Å². The van der Waals surface area contributed by atoms with Crippen molar-refractivity contribution in [1.29, 1.82) is 0 Å². The van der Waals surface area contributed by atoms with Crippen LogP contribution in [-0.4, -0.2) is 26.0 Å². The largest absolute Gasteiger partial charge is 0.497 e. The maximum atomic E-state index is 5.69. The van der Waals surface area contributed by atoms with E-state index in [1.807, 2.05) is 54.6 Å². The molecule has 0 fully saturated rings. The second-order valence-electron chi connectivity index (χ2n) is 4.81. The number of methoxy groups -OCH3 is 1. The second-order valence-corrected chi connectivity index (χ2v) is 4.81. The van der Waals surface area contributed by atoms with E-state index in [9.17, 15) is 0 Å². The molecule has 0 N–H and O–H groups in total. The fourth-order valence-electron chi connectivity index (χ4n) is 2.12. The third-order valence-electron chi connectivity index (χ3n) is 3.27.